The van der Waals surface area contributed by atoms with Gasteiger partial charge in [-0.3, -0.25) is 4.90 Å². The highest BCUT2D eigenvalue weighted by molar-refractivity contribution is 5.92. The molecule has 0 atom stereocenters. The van der Waals surface area contributed by atoms with Gasteiger partial charge < -0.3 is 15.2 Å². The minimum absolute atomic E-state index is 0.200. The number of carbonyl (C=O) groups is 1. The maximum Gasteiger partial charge on any atom is 0.322 e. The lowest BCUT2D eigenvalue weighted by Gasteiger charge is -2.24. The van der Waals surface area contributed by atoms with Crippen molar-refractivity contribution in [2.24, 2.45) is 0 Å². The van der Waals surface area contributed by atoms with Crippen molar-refractivity contribution in [2.75, 3.05) is 22.9 Å². The van der Waals surface area contributed by atoms with E-state index in [1.165, 1.54) is 17.7 Å². The molecule has 0 fully saturated rings. The normalized spacial score (nSPS) is 12.7. The number of fused-ring (bicyclic) bond motifs is 1. The number of rotatable bonds is 6. The summed E-state index contributed by atoms with van der Waals surface area (Å²) in [5.74, 6) is -0.306. The number of amides is 2. The number of urea groups is 1. The number of carbonyl (C=O) groups excluding carboxylic acids is 1. The Labute approximate surface area is 169 Å². The van der Waals surface area contributed by atoms with Crippen LogP contribution in [0.4, 0.5) is 20.6 Å². The third-order valence-electron chi connectivity index (χ3n) is 5.17. The van der Waals surface area contributed by atoms with E-state index in [0.717, 1.165) is 42.1 Å². The second-order valence-electron chi connectivity index (χ2n) is 7.08. The standard InChI is InChI=1S/C22H24FN5O/c1-2-28(22(29)25-12-16-4-3-5-18(23)10-16)20-7-6-17-8-9-27(21(17)11-20)14-19-13-24-15-26-19/h3-7,10-11,13,15H,2,8-9,12,14H2,1H3,(H,24,26)(H,25,29). The molecule has 1 aliphatic rings. The van der Waals surface area contributed by atoms with E-state index in [0.29, 0.717) is 6.54 Å². The Morgan fingerprint density at radius 2 is 2.21 bits per heavy atom. The maximum absolute atomic E-state index is 13.3. The number of hydrogen-bond donors (Lipinski definition) is 2. The highest BCUT2D eigenvalue weighted by atomic mass is 19.1. The highest BCUT2D eigenvalue weighted by Gasteiger charge is 2.22. The van der Waals surface area contributed by atoms with Gasteiger partial charge in [0.15, 0.2) is 0 Å². The smallest absolute Gasteiger partial charge is 0.322 e. The quantitative estimate of drug-likeness (QED) is 0.669. The lowest BCUT2D eigenvalue weighted by molar-refractivity contribution is 0.246. The summed E-state index contributed by atoms with van der Waals surface area (Å²) >= 11 is 0. The molecule has 0 saturated carbocycles. The van der Waals surface area contributed by atoms with Crippen molar-refractivity contribution in [2.45, 2.75) is 26.4 Å². The van der Waals surface area contributed by atoms with E-state index in [-0.39, 0.29) is 18.4 Å². The average molecular weight is 393 g/mol. The first kappa shape index (κ1) is 19.0. The molecule has 6 nitrogen and oxygen atoms in total. The van der Waals surface area contributed by atoms with Crippen molar-refractivity contribution in [3.05, 3.63) is 77.6 Å². The van der Waals surface area contributed by atoms with Crippen LogP contribution in [-0.2, 0) is 19.5 Å². The van der Waals surface area contributed by atoms with E-state index < -0.39 is 0 Å². The predicted molar refractivity (Wildman–Crippen MR) is 111 cm³/mol. The van der Waals surface area contributed by atoms with Crippen LogP contribution >= 0.6 is 0 Å². The van der Waals surface area contributed by atoms with Gasteiger partial charge in [-0.15, -0.1) is 0 Å². The summed E-state index contributed by atoms with van der Waals surface area (Å²) in [5, 5.41) is 2.88. The Morgan fingerprint density at radius 1 is 1.31 bits per heavy atom. The van der Waals surface area contributed by atoms with Crippen LogP contribution in [0.25, 0.3) is 0 Å². The Hall–Kier alpha value is -3.35. The van der Waals surface area contributed by atoms with Crippen molar-refractivity contribution in [1.82, 2.24) is 15.3 Å². The SMILES string of the molecule is CCN(C(=O)NCc1cccc(F)c1)c1ccc2c(c1)N(Cc1c[nH]cn1)CC2. The molecule has 2 N–H and O–H groups in total. The predicted octanol–water partition coefficient (Wildman–Crippen LogP) is 3.85. The number of aromatic nitrogens is 2. The topological polar surface area (TPSA) is 64.3 Å². The van der Waals surface area contributed by atoms with Crippen LogP contribution in [0.3, 0.4) is 0 Å². The molecule has 2 heterocycles. The van der Waals surface area contributed by atoms with Crippen molar-refractivity contribution >= 4 is 17.4 Å². The van der Waals surface area contributed by atoms with Crippen LogP contribution in [0.15, 0.2) is 55.0 Å². The number of nitrogens with one attached hydrogen (secondary N) is 2. The lowest BCUT2D eigenvalue weighted by Crippen LogP contribution is -2.39. The fourth-order valence-electron chi connectivity index (χ4n) is 3.70. The van der Waals surface area contributed by atoms with Gasteiger partial charge in [-0.05, 0) is 48.7 Å². The summed E-state index contributed by atoms with van der Waals surface area (Å²) in [6.45, 7) is 4.42. The molecular weight excluding hydrogens is 369 g/mol. The largest absolute Gasteiger partial charge is 0.365 e. The summed E-state index contributed by atoms with van der Waals surface area (Å²) in [6, 6.07) is 12.2. The first-order valence-corrected chi connectivity index (χ1v) is 9.79. The van der Waals surface area contributed by atoms with E-state index in [2.05, 4.69) is 32.3 Å². The molecule has 1 aromatic heterocycles. The van der Waals surface area contributed by atoms with Gasteiger partial charge in [-0.1, -0.05) is 18.2 Å². The zero-order valence-corrected chi connectivity index (χ0v) is 16.4. The number of halogens is 1. The highest BCUT2D eigenvalue weighted by Crippen LogP contribution is 2.33. The molecule has 3 aromatic rings. The van der Waals surface area contributed by atoms with Crippen molar-refractivity contribution < 1.29 is 9.18 Å². The van der Waals surface area contributed by atoms with Gasteiger partial charge in [0.1, 0.15) is 5.82 Å². The molecule has 0 saturated heterocycles. The Morgan fingerprint density at radius 3 is 2.97 bits per heavy atom. The first-order chi connectivity index (χ1) is 14.1. The summed E-state index contributed by atoms with van der Waals surface area (Å²) in [5.41, 5.74) is 4.98. The third-order valence-corrected chi connectivity index (χ3v) is 5.17. The Bertz CT molecular complexity index is 989. The van der Waals surface area contributed by atoms with Crippen LogP contribution in [0.1, 0.15) is 23.7 Å². The second-order valence-corrected chi connectivity index (χ2v) is 7.08. The molecule has 0 radical (unpaired) electrons. The van der Waals surface area contributed by atoms with Gasteiger partial charge in [0.05, 0.1) is 18.6 Å². The number of H-pyrrole nitrogens is 1. The molecule has 0 spiro atoms. The van der Waals surface area contributed by atoms with E-state index >= 15 is 0 Å². The first-order valence-electron chi connectivity index (χ1n) is 9.79. The van der Waals surface area contributed by atoms with Gasteiger partial charge in [0, 0.05) is 37.2 Å². The van der Waals surface area contributed by atoms with Gasteiger partial charge in [-0.25, -0.2) is 14.2 Å². The molecule has 4 rings (SSSR count). The fourth-order valence-corrected chi connectivity index (χ4v) is 3.70. The molecular formula is C22H24FN5O. The minimum atomic E-state index is -0.306. The van der Waals surface area contributed by atoms with Crippen molar-refractivity contribution in [3.63, 3.8) is 0 Å². The number of nitrogens with zero attached hydrogens (tertiary/aromatic N) is 3. The minimum Gasteiger partial charge on any atom is -0.365 e. The summed E-state index contributed by atoms with van der Waals surface area (Å²) in [4.78, 5) is 24.1. The molecule has 0 unspecified atom stereocenters. The summed E-state index contributed by atoms with van der Waals surface area (Å²) in [7, 11) is 0. The van der Waals surface area contributed by atoms with Crippen LogP contribution < -0.4 is 15.1 Å². The van der Waals surface area contributed by atoms with Crippen LogP contribution in [0.5, 0.6) is 0 Å². The van der Waals surface area contributed by atoms with Crippen molar-refractivity contribution in [3.8, 4) is 0 Å². The summed E-state index contributed by atoms with van der Waals surface area (Å²) in [6.07, 6.45) is 4.57. The van der Waals surface area contributed by atoms with Crippen LogP contribution in [0.2, 0.25) is 0 Å². The zero-order chi connectivity index (χ0) is 20.2. The van der Waals surface area contributed by atoms with Gasteiger partial charge in [-0.2, -0.15) is 0 Å². The molecule has 7 heteroatoms. The lowest BCUT2D eigenvalue weighted by atomic mass is 10.1. The molecule has 29 heavy (non-hydrogen) atoms. The molecule has 0 bridgehead atoms. The molecule has 150 valence electrons. The zero-order valence-electron chi connectivity index (χ0n) is 16.4. The van der Waals surface area contributed by atoms with Crippen LogP contribution in [-0.4, -0.2) is 29.1 Å². The number of imidazole rings is 1. The van der Waals surface area contributed by atoms with Gasteiger partial charge in [0.2, 0.25) is 0 Å². The van der Waals surface area contributed by atoms with Gasteiger partial charge in [0.25, 0.3) is 0 Å². The van der Waals surface area contributed by atoms with Crippen molar-refractivity contribution in [1.29, 1.82) is 0 Å². The number of aromatic amines is 1. The van der Waals surface area contributed by atoms with Crippen LogP contribution in [0, 0.1) is 5.82 Å². The van der Waals surface area contributed by atoms with E-state index in [4.69, 9.17) is 0 Å². The second kappa shape index (κ2) is 8.34. The van der Waals surface area contributed by atoms with E-state index in [1.54, 1.807) is 23.4 Å². The summed E-state index contributed by atoms with van der Waals surface area (Å²) < 4.78 is 13.3. The molecule has 2 aromatic carbocycles. The van der Waals surface area contributed by atoms with E-state index in [1.807, 2.05) is 19.2 Å². The molecule has 0 aliphatic carbocycles. The molecule has 1 aliphatic heterocycles. The number of benzene rings is 2. The van der Waals surface area contributed by atoms with Gasteiger partial charge >= 0.3 is 6.03 Å². The fraction of sp³-hybridized carbons (Fsp3) is 0.273. The monoisotopic (exact) mass is 393 g/mol. The maximum atomic E-state index is 13.3. The average Bonchev–Trinajstić information content (AvgIpc) is 3.38. The Kier molecular flexibility index (Phi) is 5.46. The molecule has 2 amide bonds. The Balaban J connectivity index is 1.48. The third kappa shape index (κ3) is 4.23. The number of hydrogen-bond acceptors (Lipinski definition) is 3. The number of anilines is 2. The van der Waals surface area contributed by atoms with E-state index in [9.17, 15) is 9.18 Å².